The van der Waals surface area contributed by atoms with E-state index in [1.54, 1.807) is 11.3 Å². The summed E-state index contributed by atoms with van der Waals surface area (Å²) in [5, 5.41) is 2.03. The zero-order valence-corrected chi connectivity index (χ0v) is 13.1. The Balaban J connectivity index is 0.00000289. The topological polar surface area (TPSA) is 46.3 Å². The van der Waals surface area contributed by atoms with Crippen molar-refractivity contribution in [1.29, 1.82) is 0 Å². The highest BCUT2D eigenvalue weighted by Crippen LogP contribution is 2.20. The number of nitrogens with two attached hydrogens (primary N) is 1. The van der Waals surface area contributed by atoms with Crippen molar-refractivity contribution in [2.75, 3.05) is 6.54 Å². The Labute approximate surface area is 120 Å². The molecule has 0 fully saturated rings. The third-order valence-electron chi connectivity index (χ3n) is 2.82. The third-order valence-corrected chi connectivity index (χ3v) is 3.68. The molecule has 0 spiro atoms. The van der Waals surface area contributed by atoms with Crippen molar-refractivity contribution in [3.63, 3.8) is 0 Å². The van der Waals surface area contributed by atoms with E-state index in [-0.39, 0.29) is 23.7 Å². The van der Waals surface area contributed by atoms with E-state index in [1.165, 1.54) is 4.88 Å². The molecular formula is C13H23ClN2OS. The molecule has 1 amide bonds. The predicted octanol–water partition coefficient (Wildman–Crippen LogP) is 2.89. The van der Waals surface area contributed by atoms with Crippen LogP contribution >= 0.6 is 23.7 Å². The molecular weight excluding hydrogens is 268 g/mol. The van der Waals surface area contributed by atoms with Gasteiger partial charge < -0.3 is 10.6 Å². The first-order valence-corrected chi connectivity index (χ1v) is 6.81. The fraction of sp³-hybridized carbons (Fsp3) is 0.615. The van der Waals surface area contributed by atoms with E-state index in [4.69, 9.17) is 5.73 Å². The summed E-state index contributed by atoms with van der Waals surface area (Å²) in [6, 6.07) is 3.60. The van der Waals surface area contributed by atoms with Crippen molar-refractivity contribution >= 4 is 29.7 Å². The summed E-state index contributed by atoms with van der Waals surface area (Å²) < 4.78 is 0. The third kappa shape index (κ3) is 4.59. The average molecular weight is 291 g/mol. The molecule has 0 saturated heterocycles. The van der Waals surface area contributed by atoms with Crippen LogP contribution in [0.1, 0.15) is 32.6 Å². The number of thiophene rings is 1. The minimum atomic E-state index is -0.442. The van der Waals surface area contributed by atoms with Crippen molar-refractivity contribution in [2.24, 2.45) is 11.1 Å². The van der Waals surface area contributed by atoms with Crippen molar-refractivity contribution in [3.05, 3.63) is 22.4 Å². The fourth-order valence-electron chi connectivity index (χ4n) is 1.50. The second-order valence-electron chi connectivity index (χ2n) is 5.28. The molecule has 1 aromatic heterocycles. The van der Waals surface area contributed by atoms with Gasteiger partial charge in [-0.25, -0.2) is 0 Å². The molecule has 5 heteroatoms. The first kappa shape index (κ1) is 17.4. The molecule has 0 aliphatic carbocycles. The molecule has 0 aliphatic heterocycles. The number of likely N-dealkylation sites (N-methyl/N-ethyl adjacent to an activating group) is 1. The Morgan fingerprint density at radius 1 is 1.50 bits per heavy atom. The number of carbonyl (C=O) groups excluding carboxylic acids is 1. The van der Waals surface area contributed by atoms with Crippen LogP contribution in [-0.4, -0.2) is 23.4 Å². The number of amides is 1. The zero-order valence-electron chi connectivity index (χ0n) is 11.5. The smallest absolute Gasteiger partial charge is 0.240 e. The van der Waals surface area contributed by atoms with Crippen LogP contribution < -0.4 is 5.73 Å². The van der Waals surface area contributed by atoms with Crippen LogP contribution in [0.25, 0.3) is 0 Å². The molecule has 1 aromatic rings. The van der Waals surface area contributed by atoms with Gasteiger partial charge in [-0.3, -0.25) is 4.79 Å². The lowest BCUT2D eigenvalue weighted by Gasteiger charge is -2.31. The standard InChI is InChI=1S/C13H22N2OS.ClH/c1-5-15(9-10-7-6-8-17-10)12(16)11(14)13(2,3)4;/h6-8,11H,5,9,14H2,1-4H3;1H/t11-;/m1./s1. The van der Waals surface area contributed by atoms with Crippen LogP contribution in [0.5, 0.6) is 0 Å². The van der Waals surface area contributed by atoms with Gasteiger partial charge in [0.05, 0.1) is 12.6 Å². The van der Waals surface area contributed by atoms with Crippen molar-refractivity contribution in [2.45, 2.75) is 40.3 Å². The molecule has 1 heterocycles. The second-order valence-corrected chi connectivity index (χ2v) is 6.31. The second kappa shape index (κ2) is 7.12. The Kier molecular flexibility index (Phi) is 6.89. The van der Waals surface area contributed by atoms with Gasteiger partial charge in [-0.2, -0.15) is 0 Å². The molecule has 2 N–H and O–H groups in total. The maximum atomic E-state index is 12.3. The van der Waals surface area contributed by atoms with Crippen molar-refractivity contribution in [1.82, 2.24) is 4.90 Å². The van der Waals surface area contributed by atoms with E-state index in [0.717, 1.165) is 0 Å². The van der Waals surface area contributed by atoms with Gasteiger partial charge in [-0.15, -0.1) is 23.7 Å². The summed E-state index contributed by atoms with van der Waals surface area (Å²) in [6.07, 6.45) is 0. The van der Waals surface area contributed by atoms with Gasteiger partial charge >= 0.3 is 0 Å². The van der Waals surface area contributed by atoms with Crippen LogP contribution in [0.3, 0.4) is 0 Å². The highest BCUT2D eigenvalue weighted by atomic mass is 35.5. The van der Waals surface area contributed by atoms with Gasteiger partial charge in [0.2, 0.25) is 5.91 Å². The van der Waals surface area contributed by atoms with E-state index in [9.17, 15) is 4.79 Å². The maximum absolute atomic E-state index is 12.3. The van der Waals surface area contributed by atoms with Gasteiger partial charge in [0.15, 0.2) is 0 Å². The zero-order chi connectivity index (χ0) is 13.1. The van der Waals surface area contributed by atoms with Crippen LogP contribution in [0.2, 0.25) is 0 Å². The summed E-state index contributed by atoms with van der Waals surface area (Å²) in [5.41, 5.74) is 5.82. The summed E-state index contributed by atoms with van der Waals surface area (Å²) >= 11 is 1.67. The molecule has 1 rings (SSSR count). The predicted molar refractivity (Wildman–Crippen MR) is 80.1 cm³/mol. The summed E-state index contributed by atoms with van der Waals surface area (Å²) in [4.78, 5) is 15.3. The molecule has 104 valence electrons. The maximum Gasteiger partial charge on any atom is 0.240 e. The first-order chi connectivity index (χ1) is 7.86. The summed E-state index contributed by atoms with van der Waals surface area (Å²) in [7, 11) is 0. The van der Waals surface area contributed by atoms with Crippen molar-refractivity contribution < 1.29 is 4.79 Å². The largest absolute Gasteiger partial charge is 0.336 e. The SMILES string of the molecule is CCN(Cc1cccs1)C(=O)[C@@H](N)C(C)(C)C.Cl. The molecule has 0 radical (unpaired) electrons. The first-order valence-electron chi connectivity index (χ1n) is 5.93. The van der Waals surface area contributed by atoms with Gasteiger partial charge in [0, 0.05) is 11.4 Å². The van der Waals surface area contributed by atoms with Crippen molar-refractivity contribution in [3.8, 4) is 0 Å². The molecule has 0 unspecified atom stereocenters. The average Bonchev–Trinajstić information content (AvgIpc) is 2.75. The van der Waals surface area contributed by atoms with Gasteiger partial charge in [0.25, 0.3) is 0 Å². The molecule has 0 saturated carbocycles. The van der Waals surface area contributed by atoms with Crippen LogP contribution in [0, 0.1) is 5.41 Å². The van der Waals surface area contributed by atoms with E-state index >= 15 is 0 Å². The van der Waals surface area contributed by atoms with Crippen LogP contribution in [-0.2, 0) is 11.3 Å². The van der Waals surface area contributed by atoms with Gasteiger partial charge in [0.1, 0.15) is 0 Å². The number of rotatable bonds is 4. The summed E-state index contributed by atoms with van der Waals surface area (Å²) in [6.45, 7) is 9.33. The Bertz CT molecular complexity index is 360. The minimum absolute atomic E-state index is 0. The Morgan fingerprint density at radius 2 is 2.11 bits per heavy atom. The Hall–Kier alpha value is -0.580. The highest BCUT2D eigenvalue weighted by molar-refractivity contribution is 7.09. The summed E-state index contributed by atoms with van der Waals surface area (Å²) in [5.74, 6) is 0.0356. The molecule has 0 aliphatic rings. The number of halogens is 1. The lowest BCUT2D eigenvalue weighted by Crippen LogP contribution is -2.50. The highest BCUT2D eigenvalue weighted by Gasteiger charge is 2.30. The molecule has 0 bridgehead atoms. The number of hydrogen-bond donors (Lipinski definition) is 1. The van der Waals surface area contributed by atoms with E-state index in [0.29, 0.717) is 13.1 Å². The number of carbonyl (C=O) groups is 1. The molecule has 3 nitrogen and oxygen atoms in total. The monoisotopic (exact) mass is 290 g/mol. The molecule has 0 aromatic carbocycles. The van der Waals surface area contributed by atoms with Gasteiger partial charge in [-0.1, -0.05) is 26.8 Å². The fourth-order valence-corrected chi connectivity index (χ4v) is 2.22. The number of hydrogen-bond acceptors (Lipinski definition) is 3. The lowest BCUT2D eigenvalue weighted by molar-refractivity contribution is -0.135. The molecule has 18 heavy (non-hydrogen) atoms. The number of nitrogens with zero attached hydrogens (tertiary/aromatic N) is 1. The normalized spacial score (nSPS) is 12.7. The van der Waals surface area contributed by atoms with Crippen LogP contribution in [0.4, 0.5) is 0 Å². The Morgan fingerprint density at radius 3 is 2.50 bits per heavy atom. The van der Waals surface area contributed by atoms with Crippen LogP contribution in [0.15, 0.2) is 17.5 Å². The van der Waals surface area contributed by atoms with Gasteiger partial charge in [-0.05, 0) is 23.8 Å². The minimum Gasteiger partial charge on any atom is -0.336 e. The van der Waals surface area contributed by atoms with E-state index < -0.39 is 6.04 Å². The van der Waals surface area contributed by atoms with E-state index in [1.807, 2.05) is 50.1 Å². The quantitative estimate of drug-likeness (QED) is 0.927. The molecule has 1 atom stereocenters. The van der Waals surface area contributed by atoms with E-state index in [2.05, 4.69) is 0 Å². The lowest BCUT2D eigenvalue weighted by atomic mass is 9.86.